The third-order valence-electron chi connectivity index (χ3n) is 3.40. The van der Waals surface area contributed by atoms with Crippen molar-refractivity contribution in [2.24, 2.45) is 0 Å². The summed E-state index contributed by atoms with van der Waals surface area (Å²) in [7, 11) is -3.53. The first kappa shape index (κ1) is 17.6. The predicted molar refractivity (Wildman–Crippen MR) is 92.7 cm³/mol. The average Bonchev–Trinajstić information content (AvgIpc) is 3.00. The van der Waals surface area contributed by atoms with Crippen LogP contribution in [-0.2, 0) is 10.0 Å². The molecule has 120 valence electrons. The summed E-state index contributed by atoms with van der Waals surface area (Å²) in [5.74, 6) is 0.165. The molecule has 1 heterocycles. The van der Waals surface area contributed by atoms with E-state index in [1.165, 1.54) is 0 Å². The van der Waals surface area contributed by atoms with Crippen LogP contribution in [0.4, 0.5) is 0 Å². The number of sulfonamides is 1. The fourth-order valence-corrected chi connectivity index (χ4v) is 5.04. The number of rotatable bonds is 8. The van der Waals surface area contributed by atoms with Gasteiger partial charge >= 0.3 is 0 Å². The van der Waals surface area contributed by atoms with Crippen LogP contribution in [0.3, 0.4) is 0 Å². The Kier molecular flexibility index (Phi) is 6.58. The number of hydrogen-bond donors (Lipinski definition) is 2. The molecule has 0 unspecified atom stereocenters. The van der Waals surface area contributed by atoms with Crippen LogP contribution in [0.15, 0.2) is 50.5 Å². The van der Waals surface area contributed by atoms with Gasteiger partial charge in [0.05, 0.1) is 4.90 Å². The largest absolute Gasteiger partial charge is 0.396 e. The zero-order valence-electron chi connectivity index (χ0n) is 11.9. The molecule has 2 aromatic rings. The van der Waals surface area contributed by atoms with E-state index < -0.39 is 10.0 Å². The van der Waals surface area contributed by atoms with Gasteiger partial charge in [-0.3, -0.25) is 0 Å². The van der Waals surface area contributed by atoms with E-state index in [1.54, 1.807) is 35.6 Å². The second kappa shape index (κ2) is 8.21. The zero-order valence-corrected chi connectivity index (χ0v) is 15.1. The highest BCUT2D eigenvalue weighted by atomic mass is 79.9. The van der Waals surface area contributed by atoms with Crippen LogP contribution in [-0.4, -0.2) is 26.7 Å². The fraction of sp³-hybridized carbons (Fsp3) is 0.333. The summed E-state index contributed by atoms with van der Waals surface area (Å²) in [5, 5.41) is 13.2. The van der Waals surface area contributed by atoms with E-state index in [0.29, 0.717) is 23.9 Å². The molecule has 1 aromatic carbocycles. The zero-order chi connectivity index (χ0) is 16.0. The number of nitrogens with one attached hydrogen (secondary N) is 1. The maximum absolute atomic E-state index is 12.3. The second-order valence-electron chi connectivity index (χ2n) is 4.88. The van der Waals surface area contributed by atoms with Crippen molar-refractivity contribution < 1.29 is 13.5 Å². The van der Waals surface area contributed by atoms with E-state index in [1.807, 2.05) is 16.8 Å². The van der Waals surface area contributed by atoms with Gasteiger partial charge in [-0.05, 0) is 69.2 Å². The van der Waals surface area contributed by atoms with Crippen molar-refractivity contribution in [1.82, 2.24) is 4.72 Å². The highest BCUT2D eigenvalue weighted by Crippen LogP contribution is 2.25. The Morgan fingerprint density at radius 3 is 2.64 bits per heavy atom. The predicted octanol–water partition coefficient (Wildman–Crippen LogP) is 3.35. The standard InChI is InChI=1S/C15H18BrNO3S2/c16-14-3-1-2-4-15(14)22(19,20)17-8-5-12(6-9-18)13-7-10-21-11-13/h1-4,7,10-12,17-18H,5-6,8-9H2/t12-/m0/s1. The van der Waals surface area contributed by atoms with Gasteiger partial charge < -0.3 is 5.11 Å². The molecular weight excluding hydrogens is 386 g/mol. The molecule has 7 heteroatoms. The Balaban J connectivity index is 1.98. The monoisotopic (exact) mass is 403 g/mol. The topological polar surface area (TPSA) is 66.4 Å². The quantitative estimate of drug-likeness (QED) is 0.709. The summed E-state index contributed by atoms with van der Waals surface area (Å²) >= 11 is 4.86. The van der Waals surface area contributed by atoms with Gasteiger partial charge in [-0.15, -0.1) is 0 Å². The van der Waals surface area contributed by atoms with Crippen molar-refractivity contribution in [2.45, 2.75) is 23.7 Å². The molecular formula is C15H18BrNO3S2. The number of hydrogen-bond acceptors (Lipinski definition) is 4. The maximum Gasteiger partial charge on any atom is 0.241 e. The number of halogens is 1. The molecule has 0 amide bonds. The van der Waals surface area contributed by atoms with Crippen LogP contribution in [0, 0.1) is 0 Å². The summed E-state index contributed by atoms with van der Waals surface area (Å²) < 4.78 is 27.8. The smallest absolute Gasteiger partial charge is 0.241 e. The van der Waals surface area contributed by atoms with Crippen molar-refractivity contribution in [3.63, 3.8) is 0 Å². The number of aliphatic hydroxyl groups excluding tert-OH is 1. The normalized spacial score (nSPS) is 13.2. The molecule has 0 spiro atoms. The van der Waals surface area contributed by atoms with Gasteiger partial charge in [0, 0.05) is 17.6 Å². The highest BCUT2D eigenvalue weighted by molar-refractivity contribution is 9.10. The Morgan fingerprint density at radius 1 is 1.23 bits per heavy atom. The number of aliphatic hydroxyl groups is 1. The van der Waals surface area contributed by atoms with Gasteiger partial charge in [0.15, 0.2) is 0 Å². The molecule has 0 aliphatic heterocycles. The van der Waals surface area contributed by atoms with Crippen LogP contribution in [0.2, 0.25) is 0 Å². The van der Waals surface area contributed by atoms with E-state index in [4.69, 9.17) is 5.11 Å². The van der Waals surface area contributed by atoms with Crippen molar-refractivity contribution in [1.29, 1.82) is 0 Å². The van der Waals surface area contributed by atoms with Crippen molar-refractivity contribution >= 4 is 37.3 Å². The van der Waals surface area contributed by atoms with Crippen LogP contribution < -0.4 is 4.72 Å². The van der Waals surface area contributed by atoms with Gasteiger partial charge in [-0.2, -0.15) is 11.3 Å². The van der Waals surface area contributed by atoms with Gasteiger partial charge in [0.25, 0.3) is 0 Å². The number of benzene rings is 1. The maximum atomic E-state index is 12.3. The minimum Gasteiger partial charge on any atom is -0.396 e. The van der Waals surface area contributed by atoms with Crippen molar-refractivity contribution in [2.75, 3.05) is 13.2 Å². The average molecular weight is 404 g/mol. The Morgan fingerprint density at radius 2 is 2.00 bits per heavy atom. The van der Waals surface area contributed by atoms with Crippen LogP contribution in [0.5, 0.6) is 0 Å². The second-order valence-corrected chi connectivity index (χ2v) is 8.25. The van der Waals surface area contributed by atoms with Crippen molar-refractivity contribution in [3.8, 4) is 0 Å². The molecule has 0 saturated carbocycles. The van der Waals surface area contributed by atoms with E-state index in [9.17, 15) is 8.42 Å². The van der Waals surface area contributed by atoms with Crippen LogP contribution >= 0.6 is 27.3 Å². The first-order valence-corrected chi connectivity index (χ1v) is 10.1. The lowest BCUT2D eigenvalue weighted by atomic mass is 9.95. The summed E-state index contributed by atoms with van der Waals surface area (Å²) in [5.41, 5.74) is 1.15. The molecule has 4 nitrogen and oxygen atoms in total. The summed E-state index contributed by atoms with van der Waals surface area (Å²) in [4.78, 5) is 0.240. The summed E-state index contributed by atoms with van der Waals surface area (Å²) in [6.07, 6.45) is 1.29. The number of thiophene rings is 1. The van der Waals surface area contributed by atoms with Gasteiger partial charge in [-0.1, -0.05) is 12.1 Å². The molecule has 2 rings (SSSR count). The molecule has 22 heavy (non-hydrogen) atoms. The minimum absolute atomic E-state index is 0.0947. The molecule has 0 bridgehead atoms. The lowest BCUT2D eigenvalue weighted by molar-refractivity contribution is 0.273. The Hall–Kier alpha value is -0.730. The molecule has 1 atom stereocenters. The van der Waals surface area contributed by atoms with E-state index in [2.05, 4.69) is 20.7 Å². The first-order chi connectivity index (χ1) is 10.5. The Bertz CT molecular complexity index is 687. The lowest BCUT2D eigenvalue weighted by Gasteiger charge is -2.15. The van der Waals surface area contributed by atoms with Crippen LogP contribution in [0.1, 0.15) is 24.3 Å². The van der Waals surface area contributed by atoms with E-state index in [-0.39, 0.29) is 17.4 Å². The lowest BCUT2D eigenvalue weighted by Crippen LogP contribution is -2.26. The van der Waals surface area contributed by atoms with Gasteiger partial charge in [-0.25, -0.2) is 13.1 Å². The molecule has 2 N–H and O–H groups in total. The molecule has 0 aliphatic carbocycles. The van der Waals surface area contributed by atoms with E-state index >= 15 is 0 Å². The molecule has 0 saturated heterocycles. The third kappa shape index (κ3) is 4.63. The third-order valence-corrected chi connectivity index (χ3v) is 6.58. The fourth-order valence-electron chi connectivity index (χ4n) is 2.25. The van der Waals surface area contributed by atoms with Gasteiger partial charge in [0.1, 0.15) is 0 Å². The van der Waals surface area contributed by atoms with Gasteiger partial charge in [0.2, 0.25) is 10.0 Å². The SMILES string of the molecule is O=S(=O)(NCC[C@@H](CCO)c1ccsc1)c1ccccc1Br. The van der Waals surface area contributed by atoms with Crippen molar-refractivity contribution in [3.05, 3.63) is 51.1 Å². The Labute approximate surface area is 143 Å². The molecule has 0 aliphatic rings. The molecule has 0 radical (unpaired) electrons. The summed E-state index contributed by atoms with van der Waals surface area (Å²) in [6.45, 7) is 0.432. The van der Waals surface area contributed by atoms with E-state index in [0.717, 1.165) is 5.56 Å². The molecule has 1 aromatic heterocycles. The highest BCUT2D eigenvalue weighted by Gasteiger charge is 2.18. The molecule has 0 fully saturated rings. The first-order valence-electron chi connectivity index (χ1n) is 6.91. The summed E-state index contributed by atoms with van der Waals surface area (Å²) in [6, 6.07) is 8.76. The van der Waals surface area contributed by atoms with Crippen LogP contribution in [0.25, 0.3) is 0 Å². The minimum atomic E-state index is -3.53.